The van der Waals surface area contributed by atoms with E-state index in [0.717, 1.165) is 12.2 Å². The fourth-order valence-electron chi connectivity index (χ4n) is 2.23. The van der Waals surface area contributed by atoms with Crippen molar-refractivity contribution in [3.63, 3.8) is 0 Å². The smallest absolute Gasteiger partial charge is 0.331 e. The van der Waals surface area contributed by atoms with E-state index in [1.165, 1.54) is 32.8 Å². The number of piperazine rings is 1. The Morgan fingerprint density at radius 2 is 1.42 bits per heavy atom. The van der Waals surface area contributed by atoms with Crippen LogP contribution in [0.4, 0.5) is 0 Å². The molecule has 0 unspecified atom stereocenters. The van der Waals surface area contributed by atoms with Crippen molar-refractivity contribution in [3.05, 3.63) is 12.2 Å². The number of ketones is 1. The van der Waals surface area contributed by atoms with Crippen LogP contribution in [0.2, 0.25) is 0 Å². The largest absolute Gasteiger partial charge is 0.466 e. The fourth-order valence-corrected chi connectivity index (χ4v) is 2.23. The summed E-state index contributed by atoms with van der Waals surface area (Å²) in [5.41, 5.74) is -1.22. The maximum absolute atomic E-state index is 12.4. The van der Waals surface area contributed by atoms with E-state index >= 15 is 0 Å². The summed E-state index contributed by atoms with van der Waals surface area (Å²) in [5, 5.41) is 0. The molecule has 0 N–H and O–H groups in total. The highest BCUT2D eigenvalue weighted by Gasteiger charge is 2.37. The molecule has 1 rings (SSSR count). The second-order valence-corrected chi connectivity index (χ2v) is 6.48. The first kappa shape index (κ1) is 21.3. The van der Waals surface area contributed by atoms with Gasteiger partial charge in [0.05, 0.1) is 12.5 Å². The lowest BCUT2D eigenvalue weighted by Crippen LogP contribution is -2.53. The molecule has 9 nitrogen and oxygen atoms in total. The number of esters is 2. The minimum atomic E-state index is -1.22. The summed E-state index contributed by atoms with van der Waals surface area (Å²) in [4.78, 5) is 61.6. The molecule has 144 valence electrons. The van der Waals surface area contributed by atoms with E-state index in [4.69, 9.17) is 4.74 Å². The second-order valence-electron chi connectivity index (χ2n) is 6.48. The molecule has 1 fully saturated rings. The predicted octanol–water partition coefficient (Wildman–Crippen LogP) is -0.455. The number of carbonyl (C=O) groups excluding carboxylic acids is 5. The molecule has 0 radical (unpaired) electrons. The third-order valence-electron chi connectivity index (χ3n) is 3.95. The summed E-state index contributed by atoms with van der Waals surface area (Å²) < 4.78 is 9.27. The predicted molar refractivity (Wildman–Crippen MR) is 89.7 cm³/mol. The van der Waals surface area contributed by atoms with Crippen LogP contribution in [0.5, 0.6) is 0 Å². The van der Waals surface area contributed by atoms with Crippen LogP contribution in [0.15, 0.2) is 12.2 Å². The number of hydrogen-bond acceptors (Lipinski definition) is 7. The maximum atomic E-state index is 12.4. The molecule has 0 spiro atoms. The zero-order valence-electron chi connectivity index (χ0n) is 15.4. The van der Waals surface area contributed by atoms with Crippen molar-refractivity contribution in [3.8, 4) is 0 Å². The lowest BCUT2D eigenvalue weighted by molar-refractivity contribution is -0.155. The lowest BCUT2D eigenvalue weighted by atomic mass is 9.88. The summed E-state index contributed by atoms with van der Waals surface area (Å²) in [6.45, 7) is 5.45. The van der Waals surface area contributed by atoms with Gasteiger partial charge in [-0.15, -0.1) is 0 Å². The zero-order chi connectivity index (χ0) is 19.9. The standard InChI is InChI=1S/C17H24N2O7/c1-12(20)18-7-9-19(10-8-18)16(24)15(23)17(2,3)11-26-14(22)6-5-13(21)25-4/h5-6H,7-11H2,1-4H3/b6-5+. The monoisotopic (exact) mass is 368 g/mol. The van der Waals surface area contributed by atoms with Crippen molar-refractivity contribution in [1.82, 2.24) is 9.80 Å². The third-order valence-corrected chi connectivity index (χ3v) is 3.95. The van der Waals surface area contributed by atoms with Crippen LogP contribution in [-0.2, 0) is 33.4 Å². The molecular weight excluding hydrogens is 344 g/mol. The molecule has 0 aromatic rings. The Labute approximate surface area is 151 Å². The van der Waals surface area contributed by atoms with E-state index in [-0.39, 0.29) is 25.6 Å². The average molecular weight is 368 g/mol. The molecule has 1 saturated heterocycles. The normalized spacial score (nSPS) is 14.9. The molecule has 0 atom stereocenters. The first-order chi connectivity index (χ1) is 12.1. The van der Waals surface area contributed by atoms with Crippen molar-refractivity contribution < 1.29 is 33.4 Å². The van der Waals surface area contributed by atoms with Gasteiger partial charge in [-0.05, 0) is 13.8 Å². The Morgan fingerprint density at radius 3 is 1.92 bits per heavy atom. The minimum absolute atomic E-state index is 0.0734. The summed E-state index contributed by atoms with van der Waals surface area (Å²) >= 11 is 0. The third kappa shape index (κ3) is 5.98. The van der Waals surface area contributed by atoms with Crippen molar-refractivity contribution in [2.75, 3.05) is 39.9 Å². The number of rotatable bonds is 6. The van der Waals surface area contributed by atoms with Gasteiger partial charge in [0, 0.05) is 45.3 Å². The van der Waals surface area contributed by atoms with Gasteiger partial charge < -0.3 is 19.3 Å². The quantitative estimate of drug-likeness (QED) is 0.354. The highest BCUT2D eigenvalue weighted by atomic mass is 16.5. The van der Waals surface area contributed by atoms with Crippen LogP contribution < -0.4 is 0 Å². The van der Waals surface area contributed by atoms with Gasteiger partial charge in [0.15, 0.2) is 0 Å². The van der Waals surface area contributed by atoms with Crippen LogP contribution in [-0.4, -0.2) is 79.2 Å². The molecule has 0 aliphatic carbocycles. The molecule has 1 heterocycles. The zero-order valence-corrected chi connectivity index (χ0v) is 15.4. The van der Waals surface area contributed by atoms with Crippen LogP contribution >= 0.6 is 0 Å². The van der Waals surface area contributed by atoms with Gasteiger partial charge in [-0.1, -0.05) is 0 Å². The maximum Gasteiger partial charge on any atom is 0.331 e. The summed E-state index contributed by atoms with van der Waals surface area (Å²) in [7, 11) is 1.17. The van der Waals surface area contributed by atoms with E-state index in [0.29, 0.717) is 13.1 Å². The lowest BCUT2D eigenvalue weighted by Gasteiger charge is -2.35. The van der Waals surface area contributed by atoms with Gasteiger partial charge >= 0.3 is 11.9 Å². The van der Waals surface area contributed by atoms with Crippen molar-refractivity contribution >= 4 is 29.5 Å². The molecule has 1 aliphatic rings. The first-order valence-electron chi connectivity index (χ1n) is 8.10. The van der Waals surface area contributed by atoms with Gasteiger partial charge in [-0.25, -0.2) is 9.59 Å². The van der Waals surface area contributed by atoms with Crippen molar-refractivity contribution in [2.24, 2.45) is 5.41 Å². The van der Waals surface area contributed by atoms with E-state index in [1.807, 2.05) is 0 Å². The number of amides is 2. The van der Waals surface area contributed by atoms with Gasteiger partial charge in [-0.3, -0.25) is 14.4 Å². The Bertz CT molecular complexity index is 617. The van der Waals surface area contributed by atoms with Crippen LogP contribution in [0.25, 0.3) is 0 Å². The molecular formula is C17H24N2O7. The van der Waals surface area contributed by atoms with E-state index in [1.54, 1.807) is 4.90 Å². The number of carbonyl (C=O) groups is 5. The number of hydrogen-bond donors (Lipinski definition) is 0. The number of methoxy groups -OCH3 is 1. The second kappa shape index (κ2) is 9.12. The van der Waals surface area contributed by atoms with Gasteiger partial charge in [-0.2, -0.15) is 0 Å². The highest BCUT2D eigenvalue weighted by Crippen LogP contribution is 2.19. The number of Topliss-reactive ketones (excluding diaryl/α,β-unsaturated/α-hetero) is 1. The minimum Gasteiger partial charge on any atom is -0.466 e. The molecule has 0 aromatic carbocycles. The van der Waals surface area contributed by atoms with Crippen LogP contribution in [0, 0.1) is 5.41 Å². The first-order valence-corrected chi connectivity index (χ1v) is 8.10. The van der Waals surface area contributed by atoms with Gasteiger partial charge in [0.25, 0.3) is 5.91 Å². The molecule has 9 heteroatoms. The summed E-state index contributed by atoms with van der Waals surface area (Å²) in [5.74, 6) is -2.95. The summed E-state index contributed by atoms with van der Waals surface area (Å²) in [6.07, 6.45) is 1.78. The number of ether oxygens (including phenoxy) is 2. The number of nitrogens with zero attached hydrogens (tertiary/aromatic N) is 2. The fraction of sp³-hybridized carbons (Fsp3) is 0.588. The van der Waals surface area contributed by atoms with Crippen LogP contribution in [0.3, 0.4) is 0 Å². The van der Waals surface area contributed by atoms with E-state index < -0.39 is 29.0 Å². The Balaban J connectivity index is 2.57. The van der Waals surface area contributed by atoms with Crippen LogP contribution in [0.1, 0.15) is 20.8 Å². The highest BCUT2D eigenvalue weighted by molar-refractivity contribution is 6.38. The van der Waals surface area contributed by atoms with Crippen molar-refractivity contribution in [1.29, 1.82) is 0 Å². The Kier molecular flexibility index (Phi) is 7.48. The molecule has 1 aliphatic heterocycles. The van der Waals surface area contributed by atoms with E-state index in [2.05, 4.69) is 4.74 Å². The van der Waals surface area contributed by atoms with E-state index in [9.17, 15) is 24.0 Å². The van der Waals surface area contributed by atoms with Crippen molar-refractivity contribution in [2.45, 2.75) is 20.8 Å². The molecule has 26 heavy (non-hydrogen) atoms. The molecule has 0 bridgehead atoms. The topological polar surface area (TPSA) is 110 Å². The van der Waals surface area contributed by atoms with Gasteiger partial charge in [0.2, 0.25) is 11.7 Å². The Morgan fingerprint density at radius 1 is 0.923 bits per heavy atom. The average Bonchev–Trinajstić information content (AvgIpc) is 2.63. The molecule has 2 amide bonds. The Hall–Kier alpha value is -2.71. The molecule has 0 saturated carbocycles. The SMILES string of the molecule is COC(=O)/C=C/C(=O)OCC(C)(C)C(=O)C(=O)N1CCN(C(C)=O)CC1. The molecule has 0 aromatic heterocycles. The summed E-state index contributed by atoms with van der Waals surface area (Å²) in [6, 6.07) is 0. The van der Waals surface area contributed by atoms with Gasteiger partial charge in [0.1, 0.15) is 6.61 Å².